The fourth-order valence-corrected chi connectivity index (χ4v) is 0. The molecule has 0 unspecified atom stereocenters. The van der Waals surface area contributed by atoms with E-state index in [1.165, 1.54) is 0 Å². The smallest absolute Gasteiger partial charge is 2.00 e. The van der Waals surface area contributed by atoms with Crippen LogP contribution < -0.4 is 0 Å². The second-order valence-electron chi connectivity index (χ2n) is 0. The Morgan fingerprint density at radius 3 is 0.667 bits per heavy atom. The van der Waals surface area contributed by atoms with Gasteiger partial charge in [-0.1, -0.05) is 0 Å². The zero-order valence-electron chi connectivity index (χ0n) is 2.56. The first-order chi connectivity index (χ1) is 0. The molecular weight excluding hydrogens is 260 g/mol. The molecule has 0 bridgehead atoms. The van der Waals surface area contributed by atoms with Crippen molar-refractivity contribution in [2.45, 2.75) is 0 Å². The Bertz CT molecular complexity index is 7.51. The van der Waals surface area contributed by atoms with Crippen molar-refractivity contribution < 1.29 is 80.7 Å². The van der Waals surface area contributed by atoms with Crippen molar-refractivity contribution in [3.05, 3.63) is 0 Å². The SMILES string of the molecule is [Ce+3].[Fe+3].[O-2].[O-2].[OH-].[OH-]. The molecule has 0 aromatic heterocycles. The normalized spacial score (nSPS) is 0. The quantitative estimate of drug-likeness (QED) is 0.542. The molecule has 6 heteroatoms. The van der Waals surface area contributed by atoms with Crippen LogP contribution in [0, 0.1) is 41.7 Å². The van der Waals surface area contributed by atoms with Gasteiger partial charge in [0.25, 0.3) is 0 Å². The summed E-state index contributed by atoms with van der Waals surface area (Å²) in [5, 5.41) is 0. The van der Waals surface area contributed by atoms with Gasteiger partial charge in [0.2, 0.25) is 0 Å². The third kappa shape index (κ3) is 42.7. The topological polar surface area (TPSA) is 117 Å². The van der Waals surface area contributed by atoms with Crippen LogP contribution in [0.3, 0.4) is 0 Å². The van der Waals surface area contributed by atoms with Gasteiger partial charge in [0.15, 0.2) is 0 Å². The summed E-state index contributed by atoms with van der Waals surface area (Å²) in [5.74, 6) is 0. The Labute approximate surface area is 79.8 Å². The molecule has 0 rings (SSSR count). The third-order valence-electron chi connectivity index (χ3n) is 0. The Morgan fingerprint density at radius 2 is 0.667 bits per heavy atom. The van der Waals surface area contributed by atoms with E-state index in [0.717, 1.165) is 0 Å². The van der Waals surface area contributed by atoms with Gasteiger partial charge in [-0.3, -0.25) is 0 Å². The summed E-state index contributed by atoms with van der Waals surface area (Å²) in [4.78, 5) is 0. The van der Waals surface area contributed by atoms with Crippen molar-refractivity contribution in [3.63, 3.8) is 0 Å². The Kier molecular flexibility index (Phi) is 1430. The summed E-state index contributed by atoms with van der Waals surface area (Å²) in [5.41, 5.74) is 0. The molecule has 2 N–H and O–H groups in total. The molecule has 0 amide bonds. The molecule has 0 fully saturated rings. The minimum atomic E-state index is 0. The summed E-state index contributed by atoms with van der Waals surface area (Å²) < 4.78 is 0. The number of hydrogen-bond acceptors (Lipinski definition) is 2. The van der Waals surface area contributed by atoms with Gasteiger partial charge in [-0.2, -0.15) is 0 Å². The van der Waals surface area contributed by atoms with E-state index in [1.807, 2.05) is 0 Å². The molecule has 0 saturated heterocycles. The van der Waals surface area contributed by atoms with Crippen LogP contribution in [0.5, 0.6) is 0 Å². The minimum absolute atomic E-state index is 0. The Balaban J connectivity index is 0. The molecule has 0 aromatic carbocycles. The first-order valence-corrected chi connectivity index (χ1v) is 0. The molecule has 38 valence electrons. The molecular formula is H2CeFeO4. The van der Waals surface area contributed by atoms with E-state index in [9.17, 15) is 0 Å². The maximum atomic E-state index is 0. The van der Waals surface area contributed by atoms with Gasteiger partial charge < -0.3 is 21.9 Å². The van der Waals surface area contributed by atoms with E-state index in [-0.39, 0.29) is 80.7 Å². The van der Waals surface area contributed by atoms with Crippen molar-refractivity contribution in [2.75, 3.05) is 0 Å². The van der Waals surface area contributed by atoms with Crippen LogP contribution in [-0.4, -0.2) is 11.0 Å². The van der Waals surface area contributed by atoms with Gasteiger partial charge in [0.1, 0.15) is 0 Å². The molecule has 0 aromatic rings. The summed E-state index contributed by atoms with van der Waals surface area (Å²) in [6.07, 6.45) is 0. The minimum Gasteiger partial charge on any atom is -2.00 e. The van der Waals surface area contributed by atoms with Crippen LogP contribution in [0.25, 0.3) is 0 Å². The second kappa shape index (κ2) is 73.5. The van der Waals surface area contributed by atoms with Gasteiger partial charge in [0, 0.05) is 0 Å². The molecule has 0 spiro atoms. The summed E-state index contributed by atoms with van der Waals surface area (Å²) >= 11 is 0. The number of hydrogen-bond donors (Lipinski definition) is 0. The average molecular weight is 262 g/mol. The molecule has 2 radical (unpaired) electrons. The van der Waals surface area contributed by atoms with E-state index in [4.69, 9.17) is 0 Å². The van der Waals surface area contributed by atoms with Crippen molar-refractivity contribution in [1.29, 1.82) is 0 Å². The number of rotatable bonds is 0. The monoisotopic (exact) mass is 262 g/mol. The molecule has 4 nitrogen and oxygen atoms in total. The Morgan fingerprint density at radius 1 is 0.667 bits per heavy atom. The maximum absolute atomic E-state index is 0. The molecule has 0 aliphatic rings. The van der Waals surface area contributed by atoms with Crippen molar-refractivity contribution in [1.82, 2.24) is 0 Å². The van der Waals surface area contributed by atoms with Crippen molar-refractivity contribution >= 4 is 0 Å². The maximum Gasteiger partial charge on any atom is 3.00 e. The molecule has 0 heterocycles. The molecule has 0 aliphatic heterocycles. The van der Waals surface area contributed by atoms with Gasteiger partial charge in [0.05, 0.1) is 0 Å². The zero-order valence-corrected chi connectivity index (χ0v) is 6.81. The summed E-state index contributed by atoms with van der Waals surface area (Å²) in [7, 11) is 0. The van der Waals surface area contributed by atoms with E-state index < -0.39 is 0 Å². The fraction of sp³-hybridized carbons (Fsp3) is 0. The molecule has 6 heavy (non-hydrogen) atoms. The van der Waals surface area contributed by atoms with Crippen molar-refractivity contribution in [3.8, 4) is 0 Å². The average Bonchev–Trinajstić information content (AvgIpc) is 0. The van der Waals surface area contributed by atoms with Gasteiger partial charge in [-0.05, 0) is 0 Å². The van der Waals surface area contributed by atoms with E-state index in [1.54, 1.807) is 0 Å². The first kappa shape index (κ1) is 116. The Hall–Kier alpha value is 1.74. The third-order valence-corrected chi connectivity index (χ3v) is 0. The van der Waals surface area contributed by atoms with E-state index in [2.05, 4.69) is 0 Å². The van der Waals surface area contributed by atoms with Crippen LogP contribution in [0.2, 0.25) is 0 Å². The summed E-state index contributed by atoms with van der Waals surface area (Å²) in [6.45, 7) is 0. The van der Waals surface area contributed by atoms with Crippen LogP contribution in [-0.2, 0) is 28.0 Å². The van der Waals surface area contributed by atoms with Gasteiger partial charge in [-0.15, -0.1) is 0 Å². The second-order valence-corrected chi connectivity index (χ2v) is 0. The largest absolute Gasteiger partial charge is 3.00 e. The van der Waals surface area contributed by atoms with E-state index >= 15 is 0 Å². The predicted octanol–water partition coefficient (Wildman–Crippen LogP) is -0.594. The van der Waals surface area contributed by atoms with Gasteiger partial charge in [-0.25, -0.2) is 0 Å². The van der Waals surface area contributed by atoms with Crippen molar-refractivity contribution in [2.24, 2.45) is 0 Å². The molecule has 0 atom stereocenters. The standard InChI is InChI=1S/Ce.Fe.2H2O.2O/h;;2*1H2;;/q2*+3;;;2*-2/p-2. The predicted molar refractivity (Wildman–Crippen MR) is 5.24 cm³/mol. The fourth-order valence-electron chi connectivity index (χ4n) is 0. The zero-order chi connectivity index (χ0) is 0. The summed E-state index contributed by atoms with van der Waals surface area (Å²) in [6, 6.07) is 0. The van der Waals surface area contributed by atoms with Gasteiger partial charge >= 0.3 is 58.8 Å². The van der Waals surface area contributed by atoms with Crippen LogP contribution >= 0.6 is 0 Å². The van der Waals surface area contributed by atoms with Crippen LogP contribution in [0.4, 0.5) is 0 Å². The van der Waals surface area contributed by atoms with Crippen LogP contribution in [0.15, 0.2) is 0 Å². The molecule has 0 aliphatic carbocycles. The van der Waals surface area contributed by atoms with Crippen LogP contribution in [0.1, 0.15) is 0 Å². The first-order valence-electron chi connectivity index (χ1n) is 0. The molecule has 0 saturated carbocycles. The van der Waals surface area contributed by atoms with E-state index in [0.29, 0.717) is 0 Å².